The van der Waals surface area contributed by atoms with Crippen LogP contribution in [0.15, 0.2) is 18.2 Å². The van der Waals surface area contributed by atoms with Crippen LogP contribution in [0.5, 0.6) is 11.5 Å². The number of hydrogen-bond donors (Lipinski definition) is 2. The van der Waals surface area contributed by atoms with Crippen LogP contribution in [0.2, 0.25) is 0 Å². The topological polar surface area (TPSA) is 40.5 Å². The molecule has 0 saturated carbocycles. The molecular formula is C11H16O2. The molecule has 1 atom stereocenters. The van der Waals surface area contributed by atoms with E-state index in [-0.39, 0.29) is 11.5 Å². The summed E-state index contributed by atoms with van der Waals surface area (Å²) in [6.45, 7) is 4.31. The molecule has 0 bridgehead atoms. The highest BCUT2D eigenvalue weighted by Gasteiger charge is 2.04. The Hall–Kier alpha value is -1.18. The Balaban J connectivity index is 2.73. The maximum atomic E-state index is 9.24. The zero-order valence-electron chi connectivity index (χ0n) is 8.12. The standard InChI is InChI=1S/C11H16O2/c1-3-8(2)6-9-4-5-10(12)11(13)7-9/h4-5,7-8,12-13H,3,6H2,1-2H3. The quantitative estimate of drug-likeness (QED) is 0.702. The SMILES string of the molecule is CCC(C)Cc1ccc(O)c(O)c1. The second-order valence-electron chi connectivity index (χ2n) is 3.54. The monoisotopic (exact) mass is 180 g/mol. The first-order chi connectivity index (χ1) is 6.13. The minimum atomic E-state index is -0.0482. The molecule has 72 valence electrons. The summed E-state index contributed by atoms with van der Waals surface area (Å²) in [6.07, 6.45) is 2.08. The van der Waals surface area contributed by atoms with Gasteiger partial charge in [0.15, 0.2) is 11.5 Å². The minimum Gasteiger partial charge on any atom is -0.504 e. The third kappa shape index (κ3) is 2.65. The van der Waals surface area contributed by atoms with Crippen molar-refractivity contribution in [3.63, 3.8) is 0 Å². The fourth-order valence-electron chi connectivity index (χ4n) is 1.24. The van der Waals surface area contributed by atoms with E-state index in [0.717, 1.165) is 18.4 Å². The molecular weight excluding hydrogens is 164 g/mol. The Morgan fingerprint density at radius 3 is 2.46 bits per heavy atom. The van der Waals surface area contributed by atoms with E-state index in [0.29, 0.717) is 5.92 Å². The fraction of sp³-hybridized carbons (Fsp3) is 0.455. The summed E-state index contributed by atoms with van der Waals surface area (Å²) in [6, 6.07) is 5.01. The highest BCUT2D eigenvalue weighted by atomic mass is 16.3. The second kappa shape index (κ2) is 4.17. The summed E-state index contributed by atoms with van der Waals surface area (Å²) in [5.41, 5.74) is 1.07. The van der Waals surface area contributed by atoms with Crippen molar-refractivity contribution in [2.75, 3.05) is 0 Å². The van der Waals surface area contributed by atoms with Crippen LogP contribution in [-0.2, 0) is 6.42 Å². The summed E-state index contributed by atoms with van der Waals surface area (Å²) in [4.78, 5) is 0. The van der Waals surface area contributed by atoms with Gasteiger partial charge in [-0.2, -0.15) is 0 Å². The van der Waals surface area contributed by atoms with Gasteiger partial charge in [-0.1, -0.05) is 26.3 Å². The zero-order valence-corrected chi connectivity index (χ0v) is 8.12. The van der Waals surface area contributed by atoms with Crippen molar-refractivity contribution in [1.29, 1.82) is 0 Å². The average molecular weight is 180 g/mol. The Kier molecular flexibility index (Phi) is 3.18. The van der Waals surface area contributed by atoms with Gasteiger partial charge in [0.05, 0.1) is 0 Å². The average Bonchev–Trinajstić information content (AvgIpc) is 2.11. The van der Waals surface area contributed by atoms with E-state index in [2.05, 4.69) is 13.8 Å². The van der Waals surface area contributed by atoms with Gasteiger partial charge in [0.1, 0.15) is 0 Å². The van der Waals surface area contributed by atoms with Gasteiger partial charge in [-0.05, 0) is 30.0 Å². The van der Waals surface area contributed by atoms with E-state index in [1.807, 2.05) is 6.07 Å². The summed E-state index contributed by atoms with van der Waals surface area (Å²) in [7, 11) is 0. The lowest BCUT2D eigenvalue weighted by atomic mass is 9.99. The number of rotatable bonds is 3. The molecule has 1 unspecified atom stereocenters. The lowest BCUT2D eigenvalue weighted by Crippen LogP contribution is -1.97. The van der Waals surface area contributed by atoms with E-state index in [4.69, 9.17) is 5.11 Å². The van der Waals surface area contributed by atoms with Crippen LogP contribution in [0.3, 0.4) is 0 Å². The summed E-state index contributed by atoms with van der Waals surface area (Å²) in [5.74, 6) is 0.539. The Morgan fingerprint density at radius 1 is 1.23 bits per heavy atom. The van der Waals surface area contributed by atoms with Gasteiger partial charge in [0.25, 0.3) is 0 Å². The minimum absolute atomic E-state index is 0.0270. The molecule has 0 heterocycles. The summed E-state index contributed by atoms with van der Waals surface area (Å²) < 4.78 is 0. The van der Waals surface area contributed by atoms with E-state index in [1.165, 1.54) is 6.07 Å². The number of phenolic OH excluding ortho intramolecular Hbond substituents is 2. The van der Waals surface area contributed by atoms with E-state index >= 15 is 0 Å². The van der Waals surface area contributed by atoms with Crippen molar-refractivity contribution in [3.8, 4) is 11.5 Å². The molecule has 0 aliphatic heterocycles. The summed E-state index contributed by atoms with van der Waals surface area (Å²) >= 11 is 0. The van der Waals surface area contributed by atoms with E-state index in [9.17, 15) is 5.11 Å². The molecule has 2 N–H and O–H groups in total. The Morgan fingerprint density at radius 2 is 1.92 bits per heavy atom. The van der Waals surface area contributed by atoms with Crippen LogP contribution >= 0.6 is 0 Å². The van der Waals surface area contributed by atoms with Crippen LogP contribution < -0.4 is 0 Å². The molecule has 1 aromatic rings. The highest BCUT2D eigenvalue weighted by molar-refractivity contribution is 5.40. The first-order valence-electron chi connectivity index (χ1n) is 4.64. The van der Waals surface area contributed by atoms with Gasteiger partial charge < -0.3 is 10.2 Å². The predicted octanol–water partition coefficient (Wildman–Crippen LogP) is 2.69. The lowest BCUT2D eigenvalue weighted by molar-refractivity contribution is 0.402. The predicted molar refractivity (Wildman–Crippen MR) is 52.9 cm³/mol. The molecule has 0 fully saturated rings. The molecule has 2 nitrogen and oxygen atoms in total. The molecule has 0 aliphatic carbocycles. The molecule has 13 heavy (non-hydrogen) atoms. The lowest BCUT2D eigenvalue weighted by Gasteiger charge is -2.08. The van der Waals surface area contributed by atoms with Crippen LogP contribution in [0, 0.1) is 5.92 Å². The van der Waals surface area contributed by atoms with Crippen molar-refractivity contribution in [1.82, 2.24) is 0 Å². The third-order valence-electron chi connectivity index (χ3n) is 2.32. The van der Waals surface area contributed by atoms with Crippen LogP contribution in [0.4, 0.5) is 0 Å². The first-order valence-corrected chi connectivity index (χ1v) is 4.64. The maximum Gasteiger partial charge on any atom is 0.157 e. The molecule has 0 amide bonds. The summed E-state index contributed by atoms with van der Waals surface area (Å²) in [5, 5.41) is 18.3. The van der Waals surface area contributed by atoms with Crippen molar-refractivity contribution >= 4 is 0 Å². The normalized spacial score (nSPS) is 12.8. The molecule has 1 rings (SSSR count). The molecule has 0 aromatic heterocycles. The second-order valence-corrected chi connectivity index (χ2v) is 3.54. The van der Waals surface area contributed by atoms with Crippen molar-refractivity contribution in [2.24, 2.45) is 5.92 Å². The van der Waals surface area contributed by atoms with Gasteiger partial charge in [0.2, 0.25) is 0 Å². The van der Waals surface area contributed by atoms with E-state index < -0.39 is 0 Å². The van der Waals surface area contributed by atoms with Gasteiger partial charge in [0, 0.05) is 0 Å². The molecule has 0 radical (unpaired) electrons. The highest BCUT2D eigenvalue weighted by Crippen LogP contribution is 2.26. The van der Waals surface area contributed by atoms with Gasteiger partial charge in [-0.3, -0.25) is 0 Å². The van der Waals surface area contributed by atoms with Crippen LogP contribution in [0.1, 0.15) is 25.8 Å². The van der Waals surface area contributed by atoms with E-state index in [1.54, 1.807) is 6.07 Å². The number of aromatic hydroxyl groups is 2. The molecule has 0 aliphatic rings. The number of hydrogen-bond acceptors (Lipinski definition) is 2. The van der Waals surface area contributed by atoms with Gasteiger partial charge >= 0.3 is 0 Å². The van der Waals surface area contributed by atoms with Crippen LogP contribution in [-0.4, -0.2) is 10.2 Å². The van der Waals surface area contributed by atoms with Crippen LogP contribution in [0.25, 0.3) is 0 Å². The van der Waals surface area contributed by atoms with Gasteiger partial charge in [-0.25, -0.2) is 0 Å². The Bertz CT molecular complexity index is 281. The number of benzene rings is 1. The first kappa shape index (κ1) is 9.90. The molecule has 0 spiro atoms. The molecule has 2 heteroatoms. The van der Waals surface area contributed by atoms with Crippen molar-refractivity contribution in [2.45, 2.75) is 26.7 Å². The van der Waals surface area contributed by atoms with Crippen molar-refractivity contribution < 1.29 is 10.2 Å². The maximum absolute atomic E-state index is 9.24. The fourth-order valence-corrected chi connectivity index (χ4v) is 1.24. The van der Waals surface area contributed by atoms with Crippen molar-refractivity contribution in [3.05, 3.63) is 23.8 Å². The smallest absolute Gasteiger partial charge is 0.157 e. The molecule has 1 aromatic carbocycles. The third-order valence-corrected chi connectivity index (χ3v) is 2.32. The zero-order chi connectivity index (χ0) is 9.84. The largest absolute Gasteiger partial charge is 0.504 e. The molecule has 0 saturated heterocycles. The number of phenols is 2. The Labute approximate surface area is 78.8 Å². The van der Waals surface area contributed by atoms with Gasteiger partial charge in [-0.15, -0.1) is 0 Å².